The van der Waals surface area contributed by atoms with Gasteiger partial charge in [-0.3, -0.25) is 10.1 Å². The first-order chi connectivity index (χ1) is 8.84. The Bertz CT molecular complexity index is 476. The second kappa shape index (κ2) is 6.12. The maximum absolute atomic E-state index is 11.8. The number of carbonyl (C=O) groups excluding carboxylic acids is 1. The molecule has 0 N–H and O–H groups in total. The Morgan fingerprint density at radius 3 is 2.63 bits per heavy atom. The van der Waals surface area contributed by atoms with Gasteiger partial charge >= 0.3 is 11.7 Å². The third kappa shape index (κ3) is 3.64. The molecular formula is C12H17N3O4. The fourth-order valence-electron chi connectivity index (χ4n) is 1.48. The van der Waals surface area contributed by atoms with Gasteiger partial charge in [-0.15, -0.1) is 0 Å². The molecule has 1 aromatic heterocycles. The number of anilines is 1. The topological polar surface area (TPSA) is 85.6 Å². The number of likely N-dealkylation sites (N-methyl/N-ethyl adjacent to an activating group) is 1. The minimum Gasteiger partial charge on any atom is -0.461 e. The van der Waals surface area contributed by atoms with Crippen molar-refractivity contribution >= 4 is 17.5 Å². The van der Waals surface area contributed by atoms with Crippen LogP contribution in [0.2, 0.25) is 0 Å². The molecule has 1 aromatic rings. The molecule has 0 saturated heterocycles. The van der Waals surface area contributed by atoms with Crippen molar-refractivity contribution in [2.75, 3.05) is 11.9 Å². The van der Waals surface area contributed by atoms with Crippen LogP contribution in [0.15, 0.2) is 18.3 Å². The van der Waals surface area contributed by atoms with Crippen molar-refractivity contribution in [2.45, 2.75) is 32.9 Å². The lowest BCUT2D eigenvalue weighted by Crippen LogP contribution is -2.39. The van der Waals surface area contributed by atoms with E-state index in [9.17, 15) is 14.9 Å². The highest BCUT2D eigenvalue weighted by atomic mass is 16.6. The van der Waals surface area contributed by atoms with Crippen molar-refractivity contribution in [1.82, 2.24) is 4.98 Å². The van der Waals surface area contributed by atoms with Crippen LogP contribution in [0.25, 0.3) is 0 Å². The van der Waals surface area contributed by atoms with Gasteiger partial charge in [-0.2, -0.15) is 0 Å². The summed E-state index contributed by atoms with van der Waals surface area (Å²) in [5, 5.41) is 10.9. The van der Waals surface area contributed by atoms with Crippen LogP contribution in [-0.2, 0) is 9.53 Å². The zero-order valence-electron chi connectivity index (χ0n) is 11.4. The maximum Gasteiger partial charge on any atom is 0.328 e. The lowest BCUT2D eigenvalue weighted by molar-refractivity contribution is -0.384. The Kier molecular flexibility index (Phi) is 4.80. The zero-order chi connectivity index (χ0) is 14.6. The Hall–Kier alpha value is -2.18. The van der Waals surface area contributed by atoms with E-state index in [-0.39, 0.29) is 17.6 Å². The van der Waals surface area contributed by atoms with Crippen LogP contribution in [0.1, 0.15) is 20.8 Å². The molecule has 0 saturated carbocycles. The molecule has 0 radical (unpaired) electrons. The molecule has 0 fully saturated rings. The van der Waals surface area contributed by atoms with Crippen molar-refractivity contribution in [1.29, 1.82) is 0 Å². The van der Waals surface area contributed by atoms with E-state index >= 15 is 0 Å². The summed E-state index contributed by atoms with van der Waals surface area (Å²) in [6, 6.07) is 2.17. The number of hydrogen-bond donors (Lipinski definition) is 0. The standard InChI is InChI=1S/C12H17N3O4/c1-8(2)19-12(16)9(3)14(4)11-10(15(17)18)6-5-7-13-11/h5-9H,1-4H3. The molecule has 7 heteroatoms. The van der Waals surface area contributed by atoms with Gasteiger partial charge in [0.15, 0.2) is 0 Å². The zero-order valence-corrected chi connectivity index (χ0v) is 11.4. The first-order valence-electron chi connectivity index (χ1n) is 5.87. The number of ether oxygens (including phenoxy) is 1. The predicted molar refractivity (Wildman–Crippen MR) is 70.0 cm³/mol. The van der Waals surface area contributed by atoms with Crippen molar-refractivity contribution in [3.05, 3.63) is 28.4 Å². The van der Waals surface area contributed by atoms with Crippen molar-refractivity contribution in [3.63, 3.8) is 0 Å². The summed E-state index contributed by atoms with van der Waals surface area (Å²) in [6.45, 7) is 5.10. The molecule has 0 bridgehead atoms. The van der Waals surface area contributed by atoms with Crippen molar-refractivity contribution in [3.8, 4) is 0 Å². The number of nitrogens with zero attached hydrogens (tertiary/aromatic N) is 3. The number of rotatable bonds is 5. The van der Waals surface area contributed by atoms with E-state index in [1.807, 2.05) is 0 Å². The van der Waals surface area contributed by atoms with Crippen LogP contribution in [0.3, 0.4) is 0 Å². The molecule has 0 aliphatic heterocycles. The SMILES string of the molecule is CC(C)OC(=O)C(C)N(C)c1ncccc1[N+](=O)[O-]. The van der Waals surface area contributed by atoms with E-state index in [0.717, 1.165) is 0 Å². The summed E-state index contributed by atoms with van der Waals surface area (Å²) in [5.41, 5.74) is -0.144. The molecule has 0 aliphatic carbocycles. The van der Waals surface area contributed by atoms with Gasteiger partial charge < -0.3 is 9.64 Å². The van der Waals surface area contributed by atoms with E-state index in [2.05, 4.69) is 4.98 Å². The highest BCUT2D eigenvalue weighted by Gasteiger charge is 2.26. The number of aromatic nitrogens is 1. The third-order valence-corrected chi connectivity index (χ3v) is 2.57. The number of nitro groups is 1. The lowest BCUT2D eigenvalue weighted by Gasteiger charge is -2.24. The van der Waals surface area contributed by atoms with Gasteiger partial charge in [-0.1, -0.05) is 0 Å². The normalized spacial score (nSPS) is 12.1. The van der Waals surface area contributed by atoms with Crippen LogP contribution in [0.4, 0.5) is 11.5 Å². The fraction of sp³-hybridized carbons (Fsp3) is 0.500. The predicted octanol–water partition coefficient (Wildman–Crippen LogP) is 1.77. The summed E-state index contributed by atoms with van der Waals surface area (Å²) in [5.74, 6) is -0.307. The summed E-state index contributed by atoms with van der Waals surface area (Å²) in [4.78, 5) is 27.6. The number of pyridine rings is 1. The molecule has 104 valence electrons. The quantitative estimate of drug-likeness (QED) is 0.459. The first kappa shape index (κ1) is 14.9. The molecule has 7 nitrogen and oxygen atoms in total. The summed E-state index contributed by atoms with van der Waals surface area (Å²) in [6.07, 6.45) is 1.21. The molecule has 1 atom stereocenters. The Balaban J connectivity index is 2.97. The van der Waals surface area contributed by atoms with E-state index in [4.69, 9.17) is 4.74 Å². The highest BCUT2D eigenvalue weighted by Crippen LogP contribution is 2.25. The van der Waals surface area contributed by atoms with E-state index in [0.29, 0.717) is 0 Å². The van der Waals surface area contributed by atoms with Crippen LogP contribution in [0.5, 0.6) is 0 Å². The van der Waals surface area contributed by atoms with E-state index in [1.165, 1.54) is 23.2 Å². The second-order valence-electron chi connectivity index (χ2n) is 4.38. The Morgan fingerprint density at radius 1 is 1.47 bits per heavy atom. The maximum atomic E-state index is 11.8. The van der Waals surface area contributed by atoms with Crippen LogP contribution >= 0.6 is 0 Å². The average Bonchev–Trinajstić information content (AvgIpc) is 2.36. The van der Waals surface area contributed by atoms with Crippen LogP contribution < -0.4 is 4.90 Å². The number of hydrogen-bond acceptors (Lipinski definition) is 6. The number of esters is 1. The second-order valence-corrected chi connectivity index (χ2v) is 4.38. The van der Waals surface area contributed by atoms with Crippen molar-refractivity contribution < 1.29 is 14.5 Å². The third-order valence-electron chi connectivity index (χ3n) is 2.57. The molecular weight excluding hydrogens is 250 g/mol. The van der Waals surface area contributed by atoms with E-state index < -0.39 is 16.9 Å². The molecule has 1 unspecified atom stereocenters. The first-order valence-corrected chi connectivity index (χ1v) is 5.87. The van der Waals surface area contributed by atoms with E-state index in [1.54, 1.807) is 27.8 Å². The van der Waals surface area contributed by atoms with Crippen LogP contribution in [-0.4, -0.2) is 35.1 Å². The monoisotopic (exact) mass is 267 g/mol. The smallest absolute Gasteiger partial charge is 0.328 e. The minimum atomic E-state index is -0.656. The summed E-state index contributed by atoms with van der Waals surface area (Å²) < 4.78 is 5.08. The van der Waals surface area contributed by atoms with Gasteiger partial charge in [-0.25, -0.2) is 9.78 Å². The summed E-state index contributed by atoms with van der Waals surface area (Å²) >= 11 is 0. The van der Waals surface area contributed by atoms with Gasteiger partial charge in [0.2, 0.25) is 5.82 Å². The molecule has 0 aliphatic rings. The van der Waals surface area contributed by atoms with Gasteiger partial charge in [0.1, 0.15) is 6.04 Å². The molecule has 0 aromatic carbocycles. The minimum absolute atomic E-state index is 0.140. The molecule has 0 amide bonds. The van der Waals surface area contributed by atoms with Crippen LogP contribution in [0, 0.1) is 10.1 Å². The molecule has 0 spiro atoms. The van der Waals surface area contributed by atoms with Crippen molar-refractivity contribution in [2.24, 2.45) is 0 Å². The highest BCUT2D eigenvalue weighted by molar-refractivity contribution is 5.80. The molecule has 19 heavy (non-hydrogen) atoms. The molecule has 1 heterocycles. The average molecular weight is 267 g/mol. The van der Waals surface area contributed by atoms with Gasteiger partial charge in [0, 0.05) is 19.3 Å². The largest absolute Gasteiger partial charge is 0.461 e. The van der Waals surface area contributed by atoms with Gasteiger partial charge in [-0.05, 0) is 26.8 Å². The summed E-state index contributed by atoms with van der Waals surface area (Å²) in [7, 11) is 1.57. The van der Waals surface area contributed by atoms with Gasteiger partial charge in [0.05, 0.1) is 11.0 Å². The number of carbonyl (C=O) groups is 1. The Morgan fingerprint density at radius 2 is 2.11 bits per heavy atom. The molecule has 1 rings (SSSR count). The lowest BCUT2D eigenvalue weighted by atomic mass is 10.2. The van der Waals surface area contributed by atoms with Gasteiger partial charge in [0.25, 0.3) is 0 Å². The fourth-order valence-corrected chi connectivity index (χ4v) is 1.48. The Labute approximate surface area is 111 Å².